The van der Waals surface area contributed by atoms with E-state index in [4.69, 9.17) is 0 Å². The summed E-state index contributed by atoms with van der Waals surface area (Å²) in [6, 6.07) is 18.8. The molecule has 1 aliphatic heterocycles. The molecular weight excluding hydrogens is 352 g/mol. The number of hydrogen-bond donors (Lipinski definition) is 0. The van der Waals surface area contributed by atoms with Gasteiger partial charge in [-0.1, -0.05) is 60.2 Å². The van der Waals surface area contributed by atoms with E-state index < -0.39 is 0 Å². The summed E-state index contributed by atoms with van der Waals surface area (Å²) in [5.41, 5.74) is 2.48. The Hall–Kier alpha value is -2.04. The minimum Gasteiger partial charge on any atom is -0.339 e. The number of amides is 1. The van der Waals surface area contributed by atoms with Crippen molar-refractivity contribution in [3.63, 3.8) is 0 Å². The first-order valence-electron chi connectivity index (χ1n) is 9.58. The van der Waals surface area contributed by atoms with Crippen molar-refractivity contribution >= 4 is 23.7 Å². The summed E-state index contributed by atoms with van der Waals surface area (Å²) in [4.78, 5) is 18.3. The highest BCUT2D eigenvalue weighted by Crippen LogP contribution is 2.25. The van der Waals surface area contributed by atoms with Gasteiger partial charge >= 0.3 is 0 Å². The normalized spacial score (nSPS) is 16.6. The number of nitrogens with zero attached hydrogens (tertiary/aromatic N) is 2. The van der Waals surface area contributed by atoms with Crippen LogP contribution >= 0.6 is 11.8 Å². The Bertz CT molecular complexity index is 750. The molecule has 0 unspecified atom stereocenters. The molecule has 1 saturated heterocycles. The van der Waals surface area contributed by atoms with Gasteiger partial charge in [0.05, 0.1) is 5.25 Å². The van der Waals surface area contributed by atoms with Crippen molar-refractivity contribution in [1.29, 1.82) is 0 Å². The quantitative estimate of drug-likeness (QED) is 0.697. The summed E-state index contributed by atoms with van der Waals surface area (Å²) in [5.74, 6) is 0.250. The maximum absolute atomic E-state index is 12.7. The number of thioether (sulfide) groups is 1. The summed E-state index contributed by atoms with van der Waals surface area (Å²) in [6.45, 7) is 8.54. The molecule has 1 amide bonds. The Morgan fingerprint density at radius 2 is 1.70 bits per heavy atom. The molecule has 1 fully saturated rings. The lowest BCUT2D eigenvalue weighted by Gasteiger charge is -2.35. The molecule has 4 heteroatoms. The van der Waals surface area contributed by atoms with E-state index >= 15 is 0 Å². The van der Waals surface area contributed by atoms with Crippen LogP contribution in [0, 0.1) is 6.92 Å². The van der Waals surface area contributed by atoms with Crippen molar-refractivity contribution in [2.45, 2.75) is 24.0 Å². The van der Waals surface area contributed by atoms with Crippen molar-refractivity contribution < 1.29 is 4.79 Å². The Labute approximate surface area is 167 Å². The van der Waals surface area contributed by atoms with Gasteiger partial charge in [-0.3, -0.25) is 9.69 Å². The topological polar surface area (TPSA) is 23.6 Å². The summed E-state index contributed by atoms with van der Waals surface area (Å²) < 4.78 is 0. The average Bonchev–Trinajstić information content (AvgIpc) is 2.70. The first-order valence-corrected chi connectivity index (χ1v) is 10.5. The molecule has 0 aliphatic carbocycles. The second kappa shape index (κ2) is 9.77. The lowest BCUT2D eigenvalue weighted by molar-refractivity contribution is -0.131. The minimum absolute atomic E-state index is 0.0442. The van der Waals surface area contributed by atoms with E-state index in [1.807, 2.05) is 17.9 Å². The van der Waals surface area contributed by atoms with Gasteiger partial charge in [0.2, 0.25) is 5.91 Å². The molecule has 0 radical (unpaired) electrons. The molecule has 2 aromatic carbocycles. The predicted molar refractivity (Wildman–Crippen MR) is 115 cm³/mol. The van der Waals surface area contributed by atoms with E-state index in [9.17, 15) is 4.79 Å². The highest BCUT2D eigenvalue weighted by Gasteiger charge is 2.25. The smallest absolute Gasteiger partial charge is 0.235 e. The molecule has 1 aliphatic rings. The van der Waals surface area contributed by atoms with Crippen LogP contribution in [0.25, 0.3) is 6.08 Å². The van der Waals surface area contributed by atoms with E-state index in [0.717, 1.165) is 37.6 Å². The van der Waals surface area contributed by atoms with Crippen molar-refractivity contribution in [2.75, 3.05) is 32.7 Å². The monoisotopic (exact) mass is 380 g/mol. The lowest BCUT2D eigenvalue weighted by atomic mass is 10.2. The molecule has 0 saturated carbocycles. The van der Waals surface area contributed by atoms with Gasteiger partial charge in [0.25, 0.3) is 0 Å². The molecule has 0 spiro atoms. The van der Waals surface area contributed by atoms with E-state index in [1.54, 1.807) is 11.8 Å². The van der Waals surface area contributed by atoms with Gasteiger partial charge in [0.15, 0.2) is 0 Å². The largest absolute Gasteiger partial charge is 0.339 e. The van der Waals surface area contributed by atoms with Gasteiger partial charge in [0, 0.05) is 37.6 Å². The maximum Gasteiger partial charge on any atom is 0.235 e. The van der Waals surface area contributed by atoms with E-state index in [-0.39, 0.29) is 11.2 Å². The molecule has 0 bridgehead atoms. The van der Waals surface area contributed by atoms with Gasteiger partial charge in [-0.25, -0.2) is 0 Å². The van der Waals surface area contributed by atoms with Crippen molar-refractivity contribution in [3.8, 4) is 0 Å². The number of rotatable bonds is 6. The van der Waals surface area contributed by atoms with Crippen LogP contribution in [0.3, 0.4) is 0 Å². The van der Waals surface area contributed by atoms with E-state index in [1.165, 1.54) is 11.1 Å². The Morgan fingerprint density at radius 3 is 2.37 bits per heavy atom. The fraction of sp³-hybridized carbons (Fsp3) is 0.348. The standard InChI is InChI=1S/C23H28N2OS/c1-19-10-12-22(13-11-19)27-20(2)23(26)25-17-15-24(16-18-25)14-6-9-21-7-4-3-5-8-21/h3-13,20H,14-18H2,1-2H3/b9-6+/t20-/m0/s1. The fourth-order valence-electron chi connectivity index (χ4n) is 3.18. The molecule has 1 atom stereocenters. The predicted octanol–water partition coefficient (Wildman–Crippen LogP) is 4.33. The zero-order chi connectivity index (χ0) is 19.1. The third kappa shape index (κ3) is 5.98. The molecule has 0 N–H and O–H groups in total. The average molecular weight is 381 g/mol. The molecule has 27 heavy (non-hydrogen) atoms. The molecule has 1 heterocycles. The van der Waals surface area contributed by atoms with Gasteiger partial charge < -0.3 is 4.90 Å². The molecule has 142 valence electrons. The Kier molecular flexibility index (Phi) is 7.13. The third-order valence-electron chi connectivity index (χ3n) is 4.84. The number of aryl methyl sites for hydroxylation is 1. The summed E-state index contributed by atoms with van der Waals surface area (Å²) >= 11 is 1.65. The number of carbonyl (C=O) groups excluding carboxylic acids is 1. The van der Waals surface area contributed by atoms with Crippen LogP contribution in [0.15, 0.2) is 65.6 Å². The highest BCUT2D eigenvalue weighted by molar-refractivity contribution is 8.00. The SMILES string of the molecule is Cc1ccc(S[C@@H](C)C(=O)N2CCN(C/C=C/c3ccccc3)CC2)cc1. The molecule has 3 nitrogen and oxygen atoms in total. The lowest BCUT2D eigenvalue weighted by Crippen LogP contribution is -2.50. The molecular formula is C23H28N2OS. The van der Waals surface area contributed by atoms with Gasteiger partial charge in [-0.2, -0.15) is 0 Å². The number of hydrogen-bond acceptors (Lipinski definition) is 3. The second-order valence-corrected chi connectivity index (χ2v) is 8.43. The van der Waals surface area contributed by atoms with Gasteiger partial charge in [-0.05, 0) is 31.5 Å². The van der Waals surface area contributed by atoms with Crippen molar-refractivity contribution in [3.05, 3.63) is 71.8 Å². The summed E-state index contributed by atoms with van der Waals surface area (Å²) in [5, 5.41) is -0.0442. The minimum atomic E-state index is -0.0442. The first-order chi connectivity index (χ1) is 13.1. The molecule has 3 rings (SSSR count). The van der Waals surface area contributed by atoms with Crippen LogP contribution < -0.4 is 0 Å². The van der Waals surface area contributed by atoms with E-state index in [2.05, 4.69) is 72.5 Å². The highest BCUT2D eigenvalue weighted by atomic mass is 32.2. The third-order valence-corrected chi connectivity index (χ3v) is 5.94. The zero-order valence-corrected chi connectivity index (χ0v) is 17.0. The van der Waals surface area contributed by atoms with Crippen LogP contribution in [0.1, 0.15) is 18.1 Å². The van der Waals surface area contributed by atoms with Crippen molar-refractivity contribution in [1.82, 2.24) is 9.80 Å². The van der Waals surface area contributed by atoms with Crippen LogP contribution in [-0.2, 0) is 4.79 Å². The molecule has 2 aromatic rings. The first kappa shape index (κ1) is 19.7. The number of piperazine rings is 1. The van der Waals surface area contributed by atoms with Crippen LogP contribution in [0.2, 0.25) is 0 Å². The second-order valence-electron chi connectivity index (χ2n) is 7.01. The van der Waals surface area contributed by atoms with Gasteiger partial charge in [-0.15, -0.1) is 11.8 Å². The van der Waals surface area contributed by atoms with Crippen LogP contribution in [-0.4, -0.2) is 53.7 Å². The van der Waals surface area contributed by atoms with E-state index in [0.29, 0.717) is 0 Å². The number of benzene rings is 2. The van der Waals surface area contributed by atoms with Crippen molar-refractivity contribution in [2.24, 2.45) is 0 Å². The summed E-state index contributed by atoms with van der Waals surface area (Å²) in [7, 11) is 0. The maximum atomic E-state index is 12.7. The summed E-state index contributed by atoms with van der Waals surface area (Å²) in [6.07, 6.45) is 4.38. The Balaban J connectivity index is 1.43. The zero-order valence-electron chi connectivity index (χ0n) is 16.2. The fourth-order valence-corrected chi connectivity index (χ4v) is 4.13. The Morgan fingerprint density at radius 1 is 1.04 bits per heavy atom. The van der Waals surface area contributed by atoms with Crippen LogP contribution in [0.4, 0.5) is 0 Å². The van der Waals surface area contributed by atoms with Gasteiger partial charge in [0.1, 0.15) is 0 Å². The number of carbonyl (C=O) groups is 1. The molecule has 0 aromatic heterocycles. The van der Waals surface area contributed by atoms with Crippen LogP contribution in [0.5, 0.6) is 0 Å².